The summed E-state index contributed by atoms with van der Waals surface area (Å²) < 4.78 is 11.1. The molecular weight excluding hydrogens is 395 g/mol. The average molecular weight is 416 g/mol. The molecule has 0 saturated carbocycles. The van der Waals surface area contributed by atoms with Crippen molar-refractivity contribution in [2.24, 2.45) is 4.99 Å². The number of hydrogen-bond acceptors (Lipinski definition) is 4. The first kappa shape index (κ1) is 18.5. The molecule has 22 heavy (non-hydrogen) atoms. The number of esters is 1. The predicted octanol–water partition coefficient (Wildman–Crippen LogP) is 3.39. The highest BCUT2D eigenvalue weighted by Crippen LogP contribution is 2.30. The third-order valence-electron chi connectivity index (χ3n) is 2.75. The van der Waals surface area contributed by atoms with E-state index >= 15 is 0 Å². The van der Waals surface area contributed by atoms with Crippen LogP contribution in [-0.4, -0.2) is 45.0 Å². The first-order valence-electron chi connectivity index (χ1n) is 6.81. The van der Waals surface area contributed by atoms with Crippen LogP contribution in [0.3, 0.4) is 0 Å². The lowest BCUT2D eigenvalue weighted by molar-refractivity contribution is 0.0526. The normalized spacial score (nSPS) is 10.6. The molecule has 0 N–H and O–H groups in total. The molecule has 0 saturated heterocycles. The number of methoxy groups -OCH3 is 1. The number of ether oxygens (including phenoxy) is 2. The van der Waals surface area contributed by atoms with Crippen molar-refractivity contribution in [2.75, 3.05) is 27.8 Å². The summed E-state index contributed by atoms with van der Waals surface area (Å²) in [7, 11) is 5.37. The molecular formula is C16H21IN2O3. The van der Waals surface area contributed by atoms with Crippen LogP contribution in [0.2, 0.25) is 0 Å². The van der Waals surface area contributed by atoms with Gasteiger partial charge < -0.3 is 14.4 Å². The summed E-state index contributed by atoms with van der Waals surface area (Å²) in [6.45, 7) is 5.97. The van der Waals surface area contributed by atoms with Crippen LogP contribution in [0.15, 0.2) is 29.5 Å². The molecule has 0 amide bonds. The molecule has 0 spiro atoms. The molecule has 1 rings (SSSR count). The number of halogens is 1. The predicted molar refractivity (Wildman–Crippen MR) is 96.8 cm³/mol. The number of allylic oxidation sites excluding steroid dienone is 1. The Balaban J connectivity index is 3.29. The number of rotatable bonds is 7. The van der Waals surface area contributed by atoms with Gasteiger partial charge in [0.15, 0.2) is 0 Å². The summed E-state index contributed by atoms with van der Waals surface area (Å²) in [5.41, 5.74) is 2.19. The molecule has 0 fully saturated rings. The van der Waals surface area contributed by atoms with E-state index in [1.807, 2.05) is 19.0 Å². The van der Waals surface area contributed by atoms with Gasteiger partial charge in [-0.3, -0.25) is 0 Å². The van der Waals surface area contributed by atoms with Crippen LogP contribution in [0, 0.1) is 3.57 Å². The molecule has 0 unspecified atom stereocenters. The molecule has 0 aromatic heterocycles. The first-order valence-corrected chi connectivity index (χ1v) is 7.88. The second-order valence-electron chi connectivity index (χ2n) is 4.81. The van der Waals surface area contributed by atoms with Crippen molar-refractivity contribution in [2.45, 2.75) is 13.3 Å². The fourth-order valence-corrected chi connectivity index (χ4v) is 2.55. The van der Waals surface area contributed by atoms with Gasteiger partial charge in [-0.15, -0.1) is 0 Å². The van der Waals surface area contributed by atoms with Gasteiger partial charge in [-0.2, -0.15) is 0 Å². The van der Waals surface area contributed by atoms with E-state index in [0.717, 1.165) is 14.8 Å². The number of carbonyl (C=O) groups is 1. The summed E-state index contributed by atoms with van der Waals surface area (Å²) in [6.07, 6.45) is 2.21. The van der Waals surface area contributed by atoms with Gasteiger partial charge in [-0.1, -0.05) is 6.58 Å². The lowest BCUT2D eigenvalue weighted by Crippen LogP contribution is -2.09. The fraction of sp³-hybridized carbons (Fsp3) is 0.375. The van der Waals surface area contributed by atoms with Crippen LogP contribution < -0.4 is 0 Å². The Morgan fingerprint density at radius 1 is 1.45 bits per heavy atom. The molecule has 0 aliphatic carbocycles. The highest BCUT2D eigenvalue weighted by molar-refractivity contribution is 14.1. The van der Waals surface area contributed by atoms with E-state index < -0.39 is 0 Å². The van der Waals surface area contributed by atoms with Crippen molar-refractivity contribution < 1.29 is 14.3 Å². The summed E-state index contributed by atoms with van der Waals surface area (Å²) in [4.78, 5) is 18.3. The Labute approximate surface area is 145 Å². The Kier molecular flexibility index (Phi) is 7.37. The molecule has 5 nitrogen and oxygen atoms in total. The molecule has 0 aliphatic rings. The van der Waals surface area contributed by atoms with Crippen molar-refractivity contribution in [3.05, 3.63) is 39.2 Å². The van der Waals surface area contributed by atoms with Gasteiger partial charge >= 0.3 is 5.97 Å². The highest BCUT2D eigenvalue weighted by Gasteiger charge is 2.15. The molecule has 0 radical (unpaired) electrons. The van der Waals surface area contributed by atoms with E-state index in [1.54, 1.807) is 32.5 Å². The van der Waals surface area contributed by atoms with Gasteiger partial charge in [0, 0.05) is 24.1 Å². The quantitative estimate of drug-likeness (QED) is 0.225. The van der Waals surface area contributed by atoms with E-state index in [9.17, 15) is 4.79 Å². The number of carbonyl (C=O) groups excluding carboxylic acids is 1. The lowest BCUT2D eigenvalue weighted by Gasteiger charge is -2.13. The second kappa shape index (κ2) is 8.77. The third kappa shape index (κ3) is 5.32. The monoisotopic (exact) mass is 416 g/mol. The molecule has 0 atom stereocenters. The largest absolute Gasteiger partial charge is 0.501 e. The summed E-state index contributed by atoms with van der Waals surface area (Å²) >= 11 is 2.17. The zero-order valence-corrected chi connectivity index (χ0v) is 15.5. The maximum Gasteiger partial charge on any atom is 0.338 e. The molecule has 0 aliphatic heterocycles. The van der Waals surface area contributed by atoms with Crippen molar-refractivity contribution in [3.8, 4) is 0 Å². The lowest BCUT2D eigenvalue weighted by atomic mass is 10.0. The van der Waals surface area contributed by atoms with Crippen LogP contribution in [0.25, 0.3) is 0 Å². The fourth-order valence-electron chi connectivity index (χ4n) is 1.73. The van der Waals surface area contributed by atoms with Gasteiger partial charge in [0.2, 0.25) is 0 Å². The van der Waals surface area contributed by atoms with Crippen molar-refractivity contribution in [1.29, 1.82) is 0 Å². The number of benzene rings is 1. The highest BCUT2D eigenvalue weighted by atomic mass is 127. The van der Waals surface area contributed by atoms with Gasteiger partial charge in [0.05, 0.1) is 37.1 Å². The Hall–Kier alpha value is -1.57. The molecule has 120 valence electrons. The van der Waals surface area contributed by atoms with Crippen molar-refractivity contribution >= 4 is 40.6 Å². The van der Waals surface area contributed by atoms with Crippen LogP contribution in [0.4, 0.5) is 5.69 Å². The summed E-state index contributed by atoms with van der Waals surface area (Å²) in [5.74, 6) is 0.269. The minimum absolute atomic E-state index is 0.340. The molecule has 1 aromatic rings. The van der Waals surface area contributed by atoms with E-state index in [1.165, 1.54) is 0 Å². The topological polar surface area (TPSA) is 51.1 Å². The van der Waals surface area contributed by atoms with E-state index in [-0.39, 0.29) is 5.97 Å². The third-order valence-corrected chi connectivity index (χ3v) is 3.57. The van der Waals surface area contributed by atoms with Gasteiger partial charge in [-0.25, -0.2) is 9.79 Å². The van der Waals surface area contributed by atoms with Crippen LogP contribution in [-0.2, 0) is 15.9 Å². The SMILES string of the molecule is C=C(Cc1cc(C(=O)OCC)cc(I)c1N=CN(C)C)OC. The van der Waals surface area contributed by atoms with Crippen molar-refractivity contribution in [3.63, 3.8) is 0 Å². The Morgan fingerprint density at radius 3 is 2.68 bits per heavy atom. The Bertz CT molecular complexity index is 583. The van der Waals surface area contributed by atoms with Crippen LogP contribution in [0.5, 0.6) is 0 Å². The van der Waals surface area contributed by atoms with E-state index in [0.29, 0.717) is 24.4 Å². The number of hydrogen-bond donors (Lipinski definition) is 0. The number of nitrogens with zero attached hydrogens (tertiary/aromatic N) is 2. The smallest absolute Gasteiger partial charge is 0.338 e. The average Bonchev–Trinajstić information content (AvgIpc) is 2.45. The zero-order valence-electron chi connectivity index (χ0n) is 13.4. The molecule has 0 bridgehead atoms. The van der Waals surface area contributed by atoms with Gasteiger partial charge in [-0.05, 0) is 47.2 Å². The standard InChI is InChI=1S/C16H21IN2O3/c1-6-22-16(20)13-8-12(7-11(2)21-5)15(14(17)9-13)18-10-19(3)4/h8-10H,2,6-7H2,1,3-5H3. The minimum atomic E-state index is -0.340. The first-order chi connectivity index (χ1) is 10.4. The van der Waals surface area contributed by atoms with Crippen LogP contribution in [0.1, 0.15) is 22.8 Å². The van der Waals surface area contributed by atoms with Gasteiger partial charge in [0.1, 0.15) is 0 Å². The van der Waals surface area contributed by atoms with E-state index in [4.69, 9.17) is 9.47 Å². The van der Waals surface area contributed by atoms with Gasteiger partial charge in [0.25, 0.3) is 0 Å². The molecule has 6 heteroatoms. The minimum Gasteiger partial charge on any atom is -0.501 e. The Morgan fingerprint density at radius 2 is 2.14 bits per heavy atom. The zero-order chi connectivity index (χ0) is 16.7. The summed E-state index contributed by atoms with van der Waals surface area (Å²) in [6, 6.07) is 3.56. The maximum absolute atomic E-state index is 12.0. The summed E-state index contributed by atoms with van der Waals surface area (Å²) in [5, 5.41) is 0. The molecule has 1 aromatic carbocycles. The van der Waals surface area contributed by atoms with E-state index in [2.05, 4.69) is 34.2 Å². The molecule has 0 heterocycles. The van der Waals surface area contributed by atoms with Crippen molar-refractivity contribution in [1.82, 2.24) is 4.90 Å². The van der Waals surface area contributed by atoms with Crippen LogP contribution >= 0.6 is 22.6 Å². The number of aliphatic imine (C=N–C) groups is 1. The maximum atomic E-state index is 12.0. The second-order valence-corrected chi connectivity index (χ2v) is 5.98.